The maximum atomic E-state index is 8.91. The van der Waals surface area contributed by atoms with Gasteiger partial charge in [-0.3, -0.25) is 0 Å². The van der Waals surface area contributed by atoms with Crippen molar-refractivity contribution in [2.24, 2.45) is 14.0 Å². The zero-order valence-corrected chi connectivity index (χ0v) is 34.6. The number of aryl methyl sites for hydroxylation is 4. The Morgan fingerprint density at radius 1 is 0.567 bits per heavy atom. The van der Waals surface area contributed by atoms with E-state index < -0.39 is 14.0 Å². The number of rotatable bonds is 5. The molecule has 0 bridgehead atoms. The van der Waals surface area contributed by atoms with Gasteiger partial charge in [0.2, 0.25) is 0 Å². The Labute approximate surface area is 369 Å². The predicted octanol–water partition coefficient (Wildman–Crippen LogP) is 12.9. The van der Waals surface area contributed by atoms with Gasteiger partial charge in [-0.1, -0.05) is 72.2 Å². The normalized spacial score (nSPS) is 14.6. The molecule has 8 heteroatoms. The van der Waals surface area contributed by atoms with Crippen molar-refractivity contribution in [1.29, 1.82) is 0 Å². The van der Waals surface area contributed by atoms with Crippen LogP contribution < -0.4 is 14.5 Å². The summed E-state index contributed by atoms with van der Waals surface area (Å²) >= 11 is 0. The second-order valence-corrected chi connectivity index (χ2v) is 15.1. The van der Waals surface area contributed by atoms with Crippen LogP contribution in [-0.4, -0.2) is 18.7 Å². The Hall–Kier alpha value is -6.82. The molecule has 0 atom stereocenters. The van der Waals surface area contributed by atoms with Gasteiger partial charge in [-0.15, -0.1) is 48.1 Å². The minimum Gasteiger partial charge on any atom is -0.509 e. The molecule has 5 heterocycles. The number of ether oxygens (including phenoxy) is 1. The second kappa shape index (κ2) is 13.6. The van der Waals surface area contributed by atoms with E-state index in [4.69, 9.17) is 17.9 Å². The molecule has 11 aromatic rings. The van der Waals surface area contributed by atoms with Gasteiger partial charge in [0.05, 0.1) is 16.7 Å². The van der Waals surface area contributed by atoms with Gasteiger partial charge in [0.15, 0.2) is 0 Å². The van der Waals surface area contributed by atoms with E-state index in [9.17, 15) is 0 Å². The van der Waals surface area contributed by atoms with Gasteiger partial charge in [0.1, 0.15) is 5.82 Å². The molecule has 12 rings (SSSR count). The zero-order chi connectivity index (χ0) is 44.5. The number of anilines is 4. The first-order chi connectivity index (χ1) is 31.3. The first-order valence-electron chi connectivity index (χ1n) is 22.5. The number of benzene rings is 7. The van der Waals surface area contributed by atoms with Crippen LogP contribution in [0.4, 0.5) is 22.7 Å². The van der Waals surface area contributed by atoms with E-state index in [1.165, 1.54) is 9.13 Å². The smallest absolute Gasteiger partial charge is 0.135 e. The number of hydrogen-bond donors (Lipinski definition) is 0. The van der Waals surface area contributed by atoms with Crippen LogP contribution in [0.1, 0.15) is 19.4 Å². The van der Waals surface area contributed by atoms with Crippen LogP contribution in [0.5, 0.6) is 11.5 Å². The van der Waals surface area contributed by atoms with E-state index in [1.54, 1.807) is 12.1 Å². The van der Waals surface area contributed by atoms with E-state index in [0.717, 1.165) is 60.9 Å². The van der Waals surface area contributed by atoms with Crippen LogP contribution >= 0.6 is 0 Å². The third-order valence-corrected chi connectivity index (χ3v) is 11.8. The Balaban J connectivity index is 0.00000481. The van der Waals surface area contributed by atoms with E-state index in [-0.39, 0.29) is 21.1 Å². The molecule has 0 unspecified atom stereocenters. The monoisotopic (exact) mass is 962 g/mol. The van der Waals surface area contributed by atoms with Crippen molar-refractivity contribution in [3.8, 4) is 17.3 Å². The maximum Gasteiger partial charge on any atom is 0.135 e. The van der Waals surface area contributed by atoms with Crippen molar-refractivity contribution in [2.75, 3.05) is 9.80 Å². The van der Waals surface area contributed by atoms with Gasteiger partial charge in [0.25, 0.3) is 0 Å². The minimum atomic E-state index is -2.62. The Bertz CT molecular complexity index is 3670. The van der Waals surface area contributed by atoms with Gasteiger partial charge in [-0.05, 0) is 72.8 Å². The van der Waals surface area contributed by atoms with E-state index in [0.29, 0.717) is 55.7 Å². The molecule has 0 amide bonds. The number of fused-ring (bicyclic) bond motifs is 10. The molecule has 0 saturated carbocycles. The molecule has 0 spiro atoms. The van der Waals surface area contributed by atoms with Crippen molar-refractivity contribution >= 4 is 88.2 Å². The average Bonchev–Trinajstić information content (AvgIpc) is 4.03. The summed E-state index contributed by atoms with van der Waals surface area (Å²) in [6.45, 7) is 0.771. The van der Waals surface area contributed by atoms with Gasteiger partial charge in [-0.25, -0.2) is 4.98 Å². The topological polar surface area (TPSA) is 43.4 Å². The van der Waals surface area contributed by atoms with E-state index in [1.807, 2.05) is 132 Å². The Kier molecular flexibility index (Phi) is 6.87. The minimum absolute atomic E-state index is 0. The predicted molar refractivity (Wildman–Crippen MR) is 242 cm³/mol. The molecule has 7 nitrogen and oxygen atoms in total. The molecule has 0 fully saturated rings. The third kappa shape index (κ3) is 5.22. The summed E-state index contributed by atoms with van der Waals surface area (Å²) in [7, 11) is 0. The number of aromatic nitrogens is 4. The molecule has 7 aromatic carbocycles. The summed E-state index contributed by atoms with van der Waals surface area (Å²) in [6, 6.07) is 51.6. The quantitative estimate of drug-likeness (QED) is 0.161. The first kappa shape index (κ1) is 30.3. The fourth-order valence-corrected chi connectivity index (χ4v) is 8.91. The van der Waals surface area contributed by atoms with Crippen LogP contribution in [-0.2, 0) is 35.0 Å². The van der Waals surface area contributed by atoms with Crippen molar-refractivity contribution in [2.45, 2.75) is 13.8 Å². The molecular formula is C52H37N6OPt-3. The fourth-order valence-electron chi connectivity index (χ4n) is 8.91. The van der Waals surface area contributed by atoms with Gasteiger partial charge in [0, 0.05) is 110 Å². The molecular weight excluding hydrogens is 920 g/mol. The first-order valence-corrected chi connectivity index (χ1v) is 19.5. The van der Waals surface area contributed by atoms with Crippen LogP contribution in [0.15, 0.2) is 146 Å². The van der Waals surface area contributed by atoms with Crippen LogP contribution in [0, 0.1) is 32.6 Å². The largest absolute Gasteiger partial charge is 0.509 e. The molecule has 0 N–H and O–H groups in total. The number of para-hydroxylation sites is 5. The maximum absolute atomic E-state index is 8.91. The Morgan fingerprint density at radius 2 is 1.17 bits per heavy atom. The number of pyridine rings is 1. The summed E-state index contributed by atoms with van der Waals surface area (Å²) < 4.78 is 64.9. The molecule has 294 valence electrons. The fraction of sp³-hybridized carbons (Fsp3) is 0.0769. The summed E-state index contributed by atoms with van der Waals surface area (Å²) in [5.41, 5.74) is 8.47. The van der Waals surface area contributed by atoms with Crippen molar-refractivity contribution < 1.29 is 34.0 Å². The molecule has 4 aromatic heterocycles. The second-order valence-electron chi connectivity index (χ2n) is 15.1. The molecule has 60 heavy (non-hydrogen) atoms. The van der Waals surface area contributed by atoms with Crippen LogP contribution in [0.3, 0.4) is 0 Å². The summed E-state index contributed by atoms with van der Waals surface area (Å²) in [4.78, 5) is 8.70. The summed E-state index contributed by atoms with van der Waals surface area (Å²) in [5, 5.41) is 4.98. The molecule has 0 aliphatic carbocycles. The number of hydrogen-bond acceptors (Lipinski definition) is 4. The summed E-state index contributed by atoms with van der Waals surface area (Å²) in [5.74, 6) is 1.74. The third-order valence-electron chi connectivity index (χ3n) is 11.8. The van der Waals surface area contributed by atoms with Crippen molar-refractivity contribution in [3.05, 3.63) is 176 Å². The molecule has 1 aliphatic heterocycles. The van der Waals surface area contributed by atoms with E-state index in [2.05, 4.69) is 48.7 Å². The van der Waals surface area contributed by atoms with Crippen LogP contribution in [0.25, 0.3) is 71.2 Å². The zero-order valence-electron chi connectivity index (χ0n) is 38.3. The number of nitrogens with zero attached hydrogens (tertiary/aromatic N) is 6. The average molecular weight is 963 g/mol. The van der Waals surface area contributed by atoms with Gasteiger partial charge < -0.3 is 28.2 Å². The Morgan fingerprint density at radius 3 is 1.83 bits per heavy atom. The molecule has 1 aliphatic rings. The molecule has 0 saturated heterocycles. The summed E-state index contributed by atoms with van der Waals surface area (Å²) in [6.07, 6.45) is 1.89. The van der Waals surface area contributed by atoms with Gasteiger partial charge >= 0.3 is 0 Å². The standard InChI is InChI=1S/C52H37N6O.Pt/c1-32-26-49(53-30-33(32)2)58-45-21-10-7-16-37(45)40-25-24-36(28-48(40)58)59-35-15-13-14-34(27-35)56-31-57(47-23-12-11-22-46(47)56)52-50-41(38-17-5-8-19-43(38)54(50)3)29-42-39-18-6-9-20-44(39)55(4)51(42)52;/h5-26,29-31H,1-4H3;/q-3;/i3D3,4D3;. The van der Waals surface area contributed by atoms with E-state index >= 15 is 0 Å². The molecule has 0 radical (unpaired) electrons. The van der Waals surface area contributed by atoms with Crippen molar-refractivity contribution in [3.63, 3.8) is 0 Å². The van der Waals surface area contributed by atoms with Gasteiger partial charge in [-0.2, -0.15) is 12.1 Å². The SMILES string of the molecule is [2H]C([2H])([2H])n1c2ccccc2c2cc3c4ccccc4n(C([2H])([2H])[2H])c3c(N3[CH-]N(c4[c-]c(Oc5[c-]c6c(cc5)c5ccccc5n6-c5cc(C)c(C)cn5)ccc4)c4ccccc43)c21.[Pt]. The van der Waals surface area contributed by atoms with Crippen molar-refractivity contribution in [1.82, 2.24) is 18.7 Å². The van der Waals surface area contributed by atoms with Crippen LogP contribution in [0.2, 0.25) is 0 Å².